The van der Waals surface area contributed by atoms with Gasteiger partial charge in [-0.25, -0.2) is 0 Å². The van der Waals surface area contributed by atoms with E-state index in [4.69, 9.17) is 0 Å². The summed E-state index contributed by atoms with van der Waals surface area (Å²) in [6.07, 6.45) is 0.667. The van der Waals surface area contributed by atoms with E-state index < -0.39 is 0 Å². The lowest BCUT2D eigenvalue weighted by atomic mass is 9.98. The van der Waals surface area contributed by atoms with Crippen LogP contribution in [0.4, 0.5) is 0 Å². The van der Waals surface area contributed by atoms with Gasteiger partial charge in [-0.3, -0.25) is 4.79 Å². The van der Waals surface area contributed by atoms with Crippen LogP contribution < -0.4 is 0 Å². The van der Waals surface area contributed by atoms with Gasteiger partial charge in [0.2, 0.25) is 0 Å². The molecule has 16 heavy (non-hydrogen) atoms. The fourth-order valence-corrected chi connectivity index (χ4v) is 0.976. The summed E-state index contributed by atoms with van der Waals surface area (Å²) in [6.45, 7) is 6.98. The van der Waals surface area contributed by atoms with Gasteiger partial charge in [0.15, 0.2) is 0 Å². The minimum atomic E-state index is 0.0381. The standard InChI is InChI=1S/C10H12O.C4H8O/c1-8(9(2)11)10-6-4-3-5-7-10;1-3-4(2)5/h3-8H,1-2H3;3H2,1-2H3. The number of carbonyl (C=O) groups excluding carboxylic acids is 2. The molecule has 0 aliphatic heterocycles. The predicted octanol–water partition coefficient (Wildman–Crippen LogP) is 3.36. The van der Waals surface area contributed by atoms with Gasteiger partial charge < -0.3 is 4.79 Å². The van der Waals surface area contributed by atoms with E-state index in [-0.39, 0.29) is 17.5 Å². The van der Waals surface area contributed by atoms with Crippen molar-refractivity contribution in [2.45, 2.75) is 40.0 Å². The van der Waals surface area contributed by atoms with Crippen molar-refractivity contribution < 1.29 is 9.59 Å². The molecule has 2 heteroatoms. The fraction of sp³-hybridized carbons (Fsp3) is 0.429. The number of carbonyl (C=O) groups is 2. The van der Waals surface area contributed by atoms with Gasteiger partial charge in [-0.1, -0.05) is 44.2 Å². The van der Waals surface area contributed by atoms with Crippen molar-refractivity contribution in [3.8, 4) is 0 Å². The maximum absolute atomic E-state index is 10.9. The van der Waals surface area contributed by atoms with Crippen LogP contribution in [0, 0.1) is 0 Å². The van der Waals surface area contributed by atoms with Crippen LogP contribution in [0.3, 0.4) is 0 Å². The number of hydrogen-bond acceptors (Lipinski definition) is 2. The molecule has 1 unspecified atom stereocenters. The molecule has 0 aromatic heterocycles. The summed E-state index contributed by atoms with van der Waals surface area (Å²) in [6, 6.07) is 9.82. The van der Waals surface area contributed by atoms with E-state index in [1.807, 2.05) is 44.2 Å². The van der Waals surface area contributed by atoms with Gasteiger partial charge in [-0.15, -0.1) is 0 Å². The zero-order valence-electron chi connectivity index (χ0n) is 10.5. The molecular formula is C14H20O2. The van der Waals surface area contributed by atoms with E-state index in [1.165, 1.54) is 0 Å². The molecule has 1 aromatic rings. The average molecular weight is 220 g/mol. The Morgan fingerprint density at radius 1 is 1.12 bits per heavy atom. The van der Waals surface area contributed by atoms with Crippen molar-refractivity contribution in [2.75, 3.05) is 0 Å². The molecule has 0 heterocycles. The number of hydrogen-bond donors (Lipinski definition) is 0. The van der Waals surface area contributed by atoms with Gasteiger partial charge >= 0.3 is 0 Å². The second-order valence-corrected chi connectivity index (χ2v) is 3.80. The molecule has 0 fully saturated rings. The van der Waals surface area contributed by atoms with E-state index >= 15 is 0 Å². The molecule has 0 radical (unpaired) electrons. The highest BCUT2D eigenvalue weighted by Crippen LogP contribution is 2.14. The molecule has 0 aliphatic rings. The molecule has 0 bridgehead atoms. The highest BCUT2D eigenvalue weighted by atomic mass is 16.1. The van der Waals surface area contributed by atoms with Gasteiger partial charge in [0.1, 0.15) is 11.6 Å². The Kier molecular flexibility index (Phi) is 7.10. The lowest BCUT2D eigenvalue weighted by Gasteiger charge is -2.05. The minimum absolute atomic E-state index is 0.0381. The second-order valence-electron chi connectivity index (χ2n) is 3.80. The molecule has 2 nitrogen and oxygen atoms in total. The number of benzene rings is 1. The van der Waals surface area contributed by atoms with Crippen LogP contribution >= 0.6 is 0 Å². The molecule has 88 valence electrons. The van der Waals surface area contributed by atoms with Crippen LogP contribution in [0.5, 0.6) is 0 Å². The third kappa shape index (κ3) is 6.12. The maximum Gasteiger partial charge on any atom is 0.136 e. The highest BCUT2D eigenvalue weighted by molar-refractivity contribution is 5.82. The Hall–Kier alpha value is -1.44. The van der Waals surface area contributed by atoms with E-state index in [2.05, 4.69) is 0 Å². The summed E-state index contributed by atoms with van der Waals surface area (Å²) < 4.78 is 0. The van der Waals surface area contributed by atoms with Crippen LogP contribution in [-0.4, -0.2) is 11.6 Å². The molecule has 0 amide bonds. The Bertz CT molecular complexity index is 328. The first-order chi connectivity index (χ1) is 7.49. The summed E-state index contributed by atoms with van der Waals surface area (Å²) in [5.41, 5.74) is 1.10. The zero-order valence-corrected chi connectivity index (χ0v) is 10.5. The third-order valence-corrected chi connectivity index (χ3v) is 2.41. The smallest absolute Gasteiger partial charge is 0.136 e. The van der Waals surface area contributed by atoms with E-state index in [0.29, 0.717) is 6.42 Å². The highest BCUT2D eigenvalue weighted by Gasteiger charge is 2.08. The van der Waals surface area contributed by atoms with Crippen molar-refractivity contribution >= 4 is 11.6 Å². The number of rotatable bonds is 3. The van der Waals surface area contributed by atoms with Gasteiger partial charge in [-0.05, 0) is 19.4 Å². The maximum atomic E-state index is 10.9. The molecule has 1 aromatic carbocycles. The first-order valence-corrected chi connectivity index (χ1v) is 5.53. The molecular weight excluding hydrogens is 200 g/mol. The normalized spacial score (nSPS) is 11.0. The molecule has 1 atom stereocenters. The first-order valence-electron chi connectivity index (χ1n) is 5.53. The van der Waals surface area contributed by atoms with Crippen LogP contribution in [0.2, 0.25) is 0 Å². The third-order valence-electron chi connectivity index (χ3n) is 2.41. The Balaban J connectivity index is 0.000000385. The van der Waals surface area contributed by atoms with Gasteiger partial charge in [0, 0.05) is 12.3 Å². The Labute approximate surface area is 97.7 Å². The van der Waals surface area contributed by atoms with Crippen molar-refractivity contribution in [1.82, 2.24) is 0 Å². The van der Waals surface area contributed by atoms with E-state index in [9.17, 15) is 9.59 Å². The molecule has 0 aliphatic carbocycles. The molecule has 0 saturated heterocycles. The van der Waals surface area contributed by atoms with Gasteiger partial charge in [0.05, 0.1) is 0 Å². The zero-order chi connectivity index (χ0) is 12.6. The van der Waals surface area contributed by atoms with Crippen molar-refractivity contribution in [3.63, 3.8) is 0 Å². The topological polar surface area (TPSA) is 34.1 Å². The Morgan fingerprint density at radius 2 is 1.56 bits per heavy atom. The number of ketones is 2. The first kappa shape index (κ1) is 14.6. The molecule has 0 spiro atoms. The predicted molar refractivity (Wildman–Crippen MR) is 66.5 cm³/mol. The van der Waals surface area contributed by atoms with Gasteiger partial charge in [-0.2, -0.15) is 0 Å². The average Bonchev–Trinajstić information content (AvgIpc) is 2.29. The SMILES string of the molecule is CC(=O)C(C)c1ccccc1.CCC(C)=O. The van der Waals surface area contributed by atoms with Crippen molar-refractivity contribution in [1.29, 1.82) is 0 Å². The fourth-order valence-electron chi connectivity index (χ4n) is 0.976. The summed E-state index contributed by atoms with van der Waals surface area (Å²) in [4.78, 5) is 20.8. The monoisotopic (exact) mass is 220 g/mol. The molecule has 1 rings (SSSR count). The van der Waals surface area contributed by atoms with Crippen LogP contribution in [0.15, 0.2) is 30.3 Å². The summed E-state index contributed by atoms with van der Waals surface area (Å²) in [5, 5.41) is 0. The molecule has 0 saturated carbocycles. The number of Topliss-reactive ketones (excluding diaryl/α,β-unsaturated/α-hetero) is 2. The van der Waals surface area contributed by atoms with Gasteiger partial charge in [0.25, 0.3) is 0 Å². The Morgan fingerprint density at radius 3 is 1.88 bits per heavy atom. The quantitative estimate of drug-likeness (QED) is 0.782. The van der Waals surface area contributed by atoms with Crippen LogP contribution in [0.1, 0.15) is 45.6 Å². The summed E-state index contributed by atoms with van der Waals surface area (Å²) in [7, 11) is 0. The largest absolute Gasteiger partial charge is 0.300 e. The van der Waals surface area contributed by atoms with E-state index in [1.54, 1.807) is 13.8 Å². The van der Waals surface area contributed by atoms with E-state index in [0.717, 1.165) is 5.56 Å². The summed E-state index contributed by atoms with van der Waals surface area (Å²) >= 11 is 0. The van der Waals surface area contributed by atoms with Crippen LogP contribution in [-0.2, 0) is 9.59 Å². The molecule has 0 N–H and O–H groups in total. The lowest BCUT2D eigenvalue weighted by molar-refractivity contribution is -0.118. The lowest BCUT2D eigenvalue weighted by Crippen LogP contribution is -2.03. The van der Waals surface area contributed by atoms with Crippen LogP contribution in [0.25, 0.3) is 0 Å². The van der Waals surface area contributed by atoms with Crippen molar-refractivity contribution in [2.24, 2.45) is 0 Å². The summed E-state index contributed by atoms with van der Waals surface area (Å²) in [5.74, 6) is 0.511. The second kappa shape index (κ2) is 7.80. The minimum Gasteiger partial charge on any atom is -0.300 e. The van der Waals surface area contributed by atoms with Crippen molar-refractivity contribution in [3.05, 3.63) is 35.9 Å².